The molecule has 0 aromatic heterocycles. The fourth-order valence-corrected chi connectivity index (χ4v) is 14.5. The summed E-state index contributed by atoms with van der Waals surface area (Å²) in [5, 5.41) is 85.9. The lowest BCUT2D eigenvalue weighted by Crippen LogP contribution is -2.66. The van der Waals surface area contributed by atoms with Gasteiger partial charge in [-0.1, -0.05) is 60.1 Å². The summed E-state index contributed by atoms with van der Waals surface area (Å²) in [6, 6.07) is 0. The average molecular weight is 867 g/mol. The number of hydrogen-bond acceptors (Lipinski definition) is 14. The van der Waals surface area contributed by atoms with E-state index < -0.39 is 91.3 Å². The molecule has 0 spiro atoms. The highest BCUT2D eigenvalue weighted by Crippen LogP contribution is 2.76. The summed E-state index contributed by atoms with van der Waals surface area (Å²) in [6.45, 7) is 17.5. The van der Waals surface area contributed by atoms with Crippen LogP contribution in [0.1, 0.15) is 120 Å². The van der Waals surface area contributed by atoms with Crippen molar-refractivity contribution in [3.05, 3.63) is 11.6 Å². The van der Waals surface area contributed by atoms with Gasteiger partial charge in [0, 0.05) is 0 Å². The fourth-order valence-electron chi connectivity index (χ4n) is 14.5. The Bertz CT molecular complexity index is 1670. The van der Waals surface area contributed by atoms with Gasteiger partial charge >= 0.3 is 5.97 Å². The molecule has 61 heavy (non-hydrogen) atoms. The maximum Gasteiger partial charge on any atom is 0.310 e. The Balaban J connectivity index is 1.00. The van der Waals surface area contributed by atoms with Crippen molar-refractivity contribution in [2.75, 3.05) is 13.2 Å². The second-order valence-corrected chi connectivity index (χ2v) is 22.6. The van der Waals surface area contributed by atoms with Crippen LogP contribution in [0.4, 0.5) is 0 Å². The second kappa shape index (κ2) is 15.9. The molecule has 8 N–H and O–H groups in total. The molecule has 21 atom stereocenters. The van der Waals surface area contributed by atoms with Crippen LogP contribution in [0.2, 0.25) is 0 Å². The predicted octanol–water partition coefficient (Wildman–Crippen LogP) is 3.01. The highest BCUT2D eigenvalue weighted by atomic mass is 16.8. The topological polar surface area (TPSA) is 234 Å². The normalized spacial score (nSPS) is 54.3. The third-order valence-electron chi connectivity index (χ3n) is 18.5. The summed E-state index contributed by atoms with van der Waals surface area (Å²) in [5.41, 5.74) is 0.298. The van der Waals surface area contributed by atoms with Gasteiger partial charge in [-0.05, 0) is 116 Å². The van der Waals surface area contributed by atoms with E-state index in [1.54, 1.807) is 0 Å². The van der Waals surface area contributed by atoms with Crippen molar-refractivity contribution in [3.63, 3.8) is 0 Å². The maximum absolute atomic E-state index is 13.1. The lowest BCUT2D eigenvalue weighted by Gasteiger charge is -2.71. The number of fused-ring (bicyclic) bond motifs is 7. The van der Waals surface area contributed by atoms with E-state index in [9.17, 15) is 45.6 Å². The number of allylic oxidation sites excluding steroid dienone is 2. The van der Waals surface area contributed by atoms with Crippen molar-refractivity contribution in [1.29, 1.82) is 0 Å². The molecule has 15 nitrogen and oxygen atoms in total. The molecule has 4 saturated carbocycles. The zero-order valence-electron chi connectivity index (χ0n) is 37.3. The predicted molar refractivity (Wildman–Crippen MR) is 217 cm³/mol. The molecule has 3 aliphatic heterocycles. The van der Waals surface area contributed by atoms with E-state index in [-0.39, 0.29) is 58.2 Å². The summed E-state index contributed by atoms with van der Waals surface area (Å²) in [4.78, 5) is 13.1. The number of rotatable bonds is 7. The van der Waals surface area contributed by atoms with Crippen LogP contribution in [0.5, 0.6) is 0 Å². The zero-order chi connectivity index (χ0) is 44.4. The van der Waals surface area contributed by atoms with E-state index in [1.165, 1.54) is 12.5 Å². The van der Waals surface area contributed by atoms with E-state index in [1.807, 2.05) is 0 Å². The van der Waals surface area contributed by atoms with E-state index >= 15 is 0 Å². The van der Waals surface area contributed by atoms with Crippen LogP contribution in [0.25, 0.3) is 0 Å². The van der Waals surface area contributed by atoms with Gasteiger partial charge in [0.1, 0.15) is 54.9 Å². The van der Waals surface area contributed by atoms with Crippen LogP contribution in [0.15, 0.2) is 11.6 Å². The van der Waals surface area contributed by atoms with E-state index in [0.29, 0.717) is 12.3 Å². The highest BCUT2D eigenvalue weighted by molar-refractivity contribution is 5.76. The molecule has 0 bridgehead atoms. The van der Waals surface area contributed by atoms with Crippen molar-refractivity contribution in [3.8, 4) is 0 Å². The molecule has 0 aromatic carbocycles. The largest absolute Gasteiger partial charge is 0.481 e. The van der Waals surface area contributed by atoms with Crippen molar-refractivity contribution < 1.29 is 74.1 Å². The van der Waals surface area contributed by atoms with Gasteiger partial charge in [-0.15, -0.1) is 0 Å². The Morgan fingerprint density at radius 3 is 2.00 bits per heavy atom. The van der Waals surface area contributed by atoms with Crippen LogP contribution >= 0.6 is 0 Å². The Morgan fingerprint density at radius 2 is 1.31 bits per heavy atom. The number of carboxylic acid groups (broad SMARTS) is 1. The molecule has 0 unspecified atom stereocenters. The standard InChI is InChI=1S/C46H74O15/c1-22-30(49)35(60-37-33(52)31(50)25(47)20-56-37)34(53)38(58-22)61-36-32(51)26(48)21-57-39(36)59-29-12-13-43(6)27(42(29,4)5)11-14-45(8)28(43)10-9-23-24-19-41(2,3)15-17-46(24,40(54)55)18-16-44(23,45)7/h9,22,24-39,47-53H,10-21H2,1-8H3,(H,54,55)/t22-,24-,25+,26-,27+,28+,29-,30-,31+,32-,33+,34+,35+,36+,37-,38-,39-,43-,44+,45+,46-/m0/s1. The van der Waals surface area contributed by atoms with Gasteiger partial charge in [-0.3, -0.25) is 4.79 Å². The third-order valence-corrected chi connectivity index (χ3v) is 18.5. The van der Waals surface area contributed by atoms with Crippen LogP contribution in [-0.4, -0.2) is 146 Å². The lowest BCUT2D eigenvalue weighted by atomic mass is 9.33. The van der Waals surface area contributed by atoms with Crippen LogP contribution in [0.3, 0.4) is 0 Å². The van der Waals surface area contributed by atoms with Gasteiger partial charge in [0.15, 0.2) is 18.9 Å². The minimum absolute atomic E-state index is 0.0145. The number of aliphatic hydroxyl groups excluding tert-OH is 7. The quantitative estimate of drug-likeness (QED) is 0.136. The van der Waals surface area contributed by atoms with Crippen LogP contribution in [-0.2, 0) is 33.2 Å². The van der Waals surface area contributed by atoms with Crippen molar-refractivity contribution in [2.24, 2.45) is 50.2 Å². The monoisotopic (exact) mass is 867 g/mol. The smallest absolute Gasteiger partial charge is 0.310 e. The van der Waals surface area contributed by atoms with E-state index in [2.05, 4.69) is 54.5 Å². The van der Waals surface area contributed by atoms with Gasteiger partial charge in [0.25, 0.3) is 0 Å². The minimum Gasteiger partial charge on any atom is -0.481 e. The highest BCUT2D eigenvalue weighted by Gasteiger charge is 2.69. The number of carboxylic acids is 1. The molecule has 3 heterocycles. The van der Waals surface area contributed by atoms with Gasteiger partial charge < -0.3 is 69.3 Å². The summed E-state index contributed by atoms with van der Waals surface area (Å²) in [6.07, 6.45) is -7.57. The Morgan fingerprint density at radius 1 is 0.672 bits per heavy atom. The molecule has 8 rings (SSSR count). The summed E-state index contributed by atoms with van der Waals surface area (Å²) >= 11 is 0. The van der Waals surface area contributed by atoms with Crippen molar-refractivity contribution in [2.45, 2.75) is 206 Å². The maximum atomic E-state index is 13.1. The molecule has 0 radical (unpaired) electrons. The number of aliphatic hydroxyl groups is 7. The van der Waals surface area contributed by atoms with Crippen molar-refractivity contribution in [1.82, 2.24) is 0 Å². The molecule has 15 heteroatoms. The van der Waals surface area contributed by atoms with Gasteiger partial charge in [0.05, 0.1) is 30.8 Å². The molecular weight excluding hydrogens is 792 g/mol. The Labute approximate surface area is 360 Å². The molecule has 7 fully saturated rings. The zero-order valence-corrected chi connectivity index (χ0v) is 37.3. The SMILES string of the molecule is C[C@@H]1O[C@@H](O[C@H]2[C@H](O[C@H]3CC[C@@]4(C)[C@H](CC[C@]5(C)[C@@H]4CC=C4[C@@H]6CC(C)(C)CC[C@]6(C(=O)O)CC[C@]45C)C3(C)C)OC[C@H](O)[C@@H]2O)[C@H](O)[C@H](O[C@@H]2OC[C@@H](O)[C@@H](O)[C@H]2O)[C@H]1O. The lowest BCUT2D eigenvalue weighted by molar-refractivity contribution is -0.378. The Kier molecular flexibility index (Phi) is 12.1. The van der Waals surface area contributed by atoms with Crippen LogP contribution in [0, 0.1) is 50.2 Å². The van der Waals surface area contributed by atoms with Crippen molar-refractivity contribution >= 4 is 5.97 Å². The summed E-state index contributed by atoms with van der Waals surface area (Å²) in [7, 11) is 0. The number of carbonyl (C=O) groups is 1. The first kappa shape index (κ1) is 46.2. The first-order chi connectivity index (χ1) is 28.4. The molecular formula is C46H74O15. The molecule has 3 saturated heterocycles. The summed E-state index contributed by atoms with van der Waals surface area (Å²) in [5.74, 6) is 0.0702. The second-order valence-electron chi connectivity index (χ2n) is 22.6. The number of aliphatic carboxylic acids is 1. The van der Waals surface area contributed by atoms with Gasteiger partial charge in [-0.25, -0.2) is 0 Å². The van der Waals surface area contributed by atoms with E-state index in [0.717, 1.165) is 57.8 Å². The third kappa shape index (κ3) is 7.21. The minimum atomic E-state index is -1.69. The average Bonchev–Trinajstić information content (AvgIpc) is 3.18. The van der Waals surface area contributed by atoms with Gasteiger partial charge in [0.2, 0.25) is 0 Å². The molecule has 348 valence electrons. The molecule has 5 aliphatic carbocycles. The first-order valence-corrected chi connectivity index (χ1v) is 23.0. The van der Waals surface area contributed by atoms with Gasteiger partial charge in [-0.2, -0.15) is 0 Å². The number of ether oxygens (including phenoxy) is 6. The number of hydrogen-bond donors (Lipinski definition) is 8. The fraction of sp³-hybridized carbons (Fsp3) is 0.935. The summed E-state index contributed by atoms with van der Waals surface area (Å²) < 4.78 is 36.2. The molecule has 8 aliphatic rings. The molecule has 0 amide bonds. The van der Waals surface area contributed by atoms with E-state index in [4.69, 9.17) is 28.4 Å². The molecule has 0 aromatic rings. The van der Waals surface area contributed by atoms with Crippen LogP contribution < -0.4 is 0 Å². The Hall–Kier alpha value is -1.31. The first-order valence-electron chi connectivity index (χ1n) is 23.0.